The lowest BCUT2D eigenvalue weighted by atomic mass is 9.85. The first-order chi connectivity index (χ1) is 9.86. The summed E-state index contributed by atoms with van der Waals surface area (Å²) in [5, 5.41) is 3.30. The minimum absolute atomic E-state index is 0.326. The quantitative estimate of drug-likeness (QED) is 0.755. The molecule has 5 heteroatoms. The van der Waals surface area contributed by atoms with Gasteiger partial charge in [-0.25, -0.2) is 9.78 Å². The van der Waals surface area contributed by atoms with E-state index in [0.29, 0.717) is 41.4 Å². The molecule has 0 spiro atoms. The molecule has 0 aliphatic heterocycles. The Morgan fingerprint density at radius 1 is 1.33 bits per heavy atom. The van der Waals surface area contributed by atoms with Gasteiger partial charge < -0.3 is 15.8 Å². The summed E-state index contributed by atoms with van der Waals surface area (Å²) in [6.45, 7) is 11.8. The Morgan fingerprint density at radius 3 is 2.48 bits per heavy atom. The molecule has 0 aliphatic rings. The highest BCUT2D eigenvalue weighted by atomic mass is 16.5. The molecule has 0 fully saturated rings. The van der Waals surface area contributed by atoms with E-state index in [1.165, 1.54) is 6.20 Å². The van der Waals surface area contributed by atoms with Crippen molar-refractivity contribution in [2.24, 2.45) is 17.8 Å². The van der Waals surface area contributed by atoms with Crippen LogP contribution in [-0.2, 0) is 4.74 Å². The molecule has 1 heterocycles. The lowest BCUT2D eigenvalue weighted by Crippen LogP contribution is -2.25. The van der Waals surface area contributed by atoms with Gasteiger partial charge in [0.2, 0.25) is 0 Å². The van der Waals surface area contributed by atoms with E-state index in [0.717, 1.165) is 6.54 Å². The van der Waals surface area contributed by atoms with Gasteiger partial charge in [0.1, 0.15) is 5.82 Å². The molecule has 0 aliphatic carbocycles. The van der Waals surface area contributed by atoms with Gasteiger partial charge in [-0.2, -0.15) is 0 Å². The molecule has 1 rings (SSSR count). The van der Waals surface area contributed by atoms with E-state index in [1.54, 1.807) is 13.0 Å². The molecule has 0 unspecified atom stereocenters. The Kier molecular flexibility index (Phi) is 6.46. The predicted molar refractivity (Wildman–Crippen MR) is 86.3 cm³/mol. The number of pyridine rings is 1. The van der Waals surface area contributed by atoms with Crippen LogP contribution < -0.4 is 11.1 Å². The molecule has 0 atom stereocenters. The molecule has 0 saturated heterocycles. The topological polar surface area (TPSA) is 77.2 Å². The van der Waals surface area contributed by atoms with Crippen molar-refractivity contribution in [2.75, 3.05) is 24.2 Å². The summed E-state index contributed by atoms with van der Waals surface area (Å²) in [5.74, 6) is 1.94. The number of nitrogens with two attached hydrogens (primary N) is 1. The largest absolute Gasteiger partial charge is 0.462 e. The Labute approximate surface area is 127 Å². The summed E-state index contributed by atoms with van der Waals surface area (Å²) in [5.41, 5.74) is 6.48. The first-order valence-corrected chi connectivity index (χ1v) is 7.53. The molecule has 0 saturated carbocycles. The molecule has 1 aromatic rings. The summed E-state index contributed by atoms with van der Waals surface area (Å²) in [6, 6.07) is 1.66. The van der Waals surface area contributed by atoms with Gasteiger partial charge in [0, 0.05) is 6.54 Å². The fraction of sp³-hybridized carbons (Fsp3) is 0.625. The highest BCUT2D eigenvalue weighted by Crippen LogP contribution is 2.22. The summed E-state index contributed by atoms with van der Waals surface area (Å²) in [4.78, 5) is 16.0. The van der Waals surface area contributed by atoms with Gasteiger partial charge in [0.05, 0.1) is 24.1 Å². The smallest absolute Gasteiger partial charge is 0.340 e. The fourth-order valence-electron chi connectivity index (χ4n) is 2.41. The van der Waals surface area contributed by atoms with Gasteiger partial charge in [0.15, 0.2) is 0 Å². The van der Waals surface area contributed by atoms with E-state index >= 15 is 0 Å². The van der Waals surface area contributed by atoms with Crippen LogP contribution in [0.15, 0.2) is 12.3 Å². The monoisotopic (exact) mass is 293 g/mol. The van der Waals surface area contributed by atoms with Crippen LogP contribution >= 0.6 is 0 Å². The highest BCUT2D eigenvalue weighted by Gasteiger charge is 2.18. The predicted octanol–water partition coefficient (Wildman–Crippen LogP) is 3.18. The van der Waals surface area contributed by atoms with Crippen LogP contribution in [0.1, 0.15) is 45.0 Å². The second-order valence-corrected chi connectivity index (χ2v) is 5.91. The number of nitrogens with one attached hydrogen (secondary N) is 1. The van der Waals surface area contributed by atoms with Crippen molar-refractivity contribution in [3.63, 3.8) is 0 Å². The maximum Gasteiger partial charge on any atom is 0.340 e. The van der Waals surface area contributed by atoms with Crippen molar-refractivity contribution in [2.45, 2.75) is 34.6 Å². The molecule has 5 nitrogen and oxygen atoms in total. The van der Waals surface area contributed by atoms with Crippen LogP contribution in [0.3, 0.4) is 0 Å². The van der Waals surface area contributed by atoms with Gasteiger partial charge >= 0.3 is 5.97 Å². The third-order valence-corrected chi connectivity index (χ3v) is 3.66. The van der Waals surface area contributed by atoms with Crippen LogP contribution in [-0.4, -0.2) is 24.1 Å². The third-order valence-electron chi connectivity index (χ3n) is 3.66. The fourth-order valence-corrected chi connectivity index (χ4v) is 2.41. The van der Waals surface area contributed by atoms with E-state index in [9.17, 15) is 4.79 Å². The lowest BCUT2D eigenvalue weighted by molar-refractivity contribution is 0.0527. The van der Waals surface area contributed by atoms with Crippen molar-refractivity contribution in [1.82, 2.24) is 4.98 Å². The molecule has 0 amide bonds. The van der Waals surface area contributed by atoms with Gasteiger partial charge in [-0.3, -0.25) is 0 Å². The van der Waals surface area contributed by atoms with E-state index in [4.69, 9.17) is 10.5 Å². The van der Waals surface area contributed by atoms with Crippen molar-refractivity contribution < 1.29 is 9.53 Å². The number of nitrogens with zero attached hydrogens (tertiary/aromatic N) is 1. The molecule has 21 heavy (non-hydrogen) atoms. The summed E-state index contributed by atoms with van der Waals surface area (Å²) < 4.78 is 4.99. The highest BCUT2D eigenvalue weighted by molar-refractivity contribution is 5.95. The molecular formula is C16H27N3O2. The zero-order valence-corrected chi connectivity index (χ0v) is 13.6. The molecule has 3 N–H and O–H groups in total. The number of hydrogen-bond donors (Lipinski definition) is 2. The van der Waals surface area contributed by atoms with Crippen LogP contribution in [0.5, 0.6) is 0 Å². The molecule has 0 aromatic carbocycles. The second kappa shape index (κ2) is 7.86. The second-order valence-electron chi connectivity index (χ2n) is 5.91. The molecule has 0 bridgehead atoms. The molecule has 1 aromatic heterocycles. The Morgan fingerprint density at radius 2 is 1.95 bits per heavy atom. The Hall–Kier alpha value is -1.78. The number of ether oxygens (including phenoxy) is 1. The number of aromatic nitrogens is 1. The van der Waals surface area contributed by atoms with E-state index in [2.05, 4.69) is 38.0 Å². The zero-order valence-electron chi connectivity index (χ0n) is 13.6. The van der Waals surface area contributed by atoms with E-state index in [-0.39, 0.29) is 0 Å². The maximum absolute atomic E-state index is 11.8. The number of esters is 1. The minimum atomic E-state index is -0.412. The van der Waals surface area contributed by atoms with Crippen LogP contribution in [0, 0.1) is 17.8 Å². The van der Waals surface area contributed by atoms with E-state index in [1.807, 2.05) is 0 Å². The Bertz CT molecular complexity index is 465. The number of anilines is 2. The zero-order chi connectivity index (χ0) is 16.0. The third kappa shape index (κ3) is 4.92. The first-order valence-electron chi connectivity index (χ1n) is 7.53. The summed E-state index contributed by atoms with van der Waals surface area (Å²) in [6.07, 6.45) is 1.49. The SMILES string of the molecule is CCOC(=O)c1cc(NCC(C(C)C)C(C)C)ncc1N. The van der Waals surface area contributed by atoms with Crippen molar-refractivity contribution in [1.29, 1.82) is 0 Å². The van der Waals surface area contributed by atoms with Crippen LogP contribution in [0.4, 0.5) is 11.5 Å². The molecule has 0 radical (unpaired) electrons. The van der Waals surface area contributed by atoms with Gasteiger partial charge in [-0.1, -0.05) is 27.7 Å². The number of carbonyl (C=O) groups is 1. The Balaban J connectivity index is 2.81. The molecular weight excluding hydrogens is 266 g/mol. The number of hydrogen-bond acceptors (Lipinski definition) is 5. The standard InChI is InChI=1S/C16H27N3O2/c1-6-21-16(20)12-7-15(19-9-14(12)17)18-8-13(10(2)3)11(4)5/h7,9-11,13H,6,8,17H2,1-5H3,(H,18,19). The van der Waals surface area contributed by atoms with Gasteiger partial charge in [-0.05, 0) is 30.7 Å². The summed E-state index contributed by atoms with van der Waals surface area (Å²) in [7, 11) is 0. The van der Waals surface area contributed by atoms with Crippen LogP contribution in [0.2, 0.25) is 0 Å². The molecule has 118 valence electrons. The first kappa shape index (κ1) is 17.3. The van der Waals surface area contributed by atoms with Gasteiger partial charge in [0.25, 0.3) is 0 Å². The normalized spacial score (nSPS) is 11.2. The maximum atomic E-state index is 11.8. The van der Waals surface area contributed by atoms with Crippen LogP contribution in [0.25, 0.3) is 0 Å². The van der Waals surface area contributed by atoms with Crippen molar-refractivity contribution in [3.05, 3.63) is 17.8 Å². The summed E-state index contributed by atoms with van der Waals surface area (Å²) >= 11 is 0. The van der Waals surface area contributed by atoms with Gasteiger partial charge in [-0.15, -0.1) is 0 Å². The number of carbonyl (C=O) groups excluding carboxylic acids is 1. The average Bonchev–Trinajstić information content (AvgIpc) is 2.40. The van der Waals surface area contributed by atoms with E-state index < -0.39 is 5.97 Å². The lowest BCUT2D eigenvalue weighted by Gasteiger charge is -2.25. The van der Waals surface area contributed by atoms with Crippen molar-refractivity contribution >= 4 is 17.5 Å². The van der Waals surface area contributed by atoms with Crippen molar-refractivity contribution in [3.8, 4) is 0 Å². The number of rotatable bonds is 7. The minimum Gasteiger partial charge on any atom is -0.462 e. The number of nitrogen functional groups attached to an aromatic ring is 1. The average molecular weight is 293 g/mol.